The van der Waals surface area contributed by atoms with E-state index in [1.807, 2.05) is 13.8 Å². The molecule has 1 fully saturated rings. The first-order valence-corrected chi connectivity index (χ1v) is 5.05. The quantitative estimate of drug-likeness (QED) is 0.680. The van der Waals surface area contributed by atoms with E-state index < -0.39 is 5.54 Å². The molecule has 1 aliphatic heterocycles. The molecule has 74 valence electrons. The van der Waals surface area contributed by atoms with Gasteiger partial charge in [0, 0.05) is 5.75 Å². The van der Waals surface area contributed by atoms with Crippen molar-refractivity contribution in [3.63, 3.8) is 0 Å². The molecule has 1 aliphatic rings. The van der Waals surface area contributed by atoms with Gasteiger partial charge in [-0.25, -0.2) is 4.79 Å². The van der Waals surface area contributed by atoms with Gasteiger partial charge in [-0.2, -0.15) is 0 Å². The van der Waals surface area contributed by atoms with Gasteiger partial charge in [-0.15, -0.1) is 0 Å². The summed E-state index contributed by atoms with van der Waals surface area (Å²) in [5.74, 6) is 0.135. The fourth-order valence-electron chi connectivity index (χ4n) is 1.27. The Morgan fingerprint density at radius 1 is 1.69 bits per heavy atom. The van der Waals surface area contributed by atoms with E-state index >= 15 is 0 Å². The molecule has 0 aliphatic carbocycles. The summed E-state index contributed by atoms with van der Waals surface area (Å²) >= 11 is 1.13. The van der Waals surface area contributed by atoms with Gasteiger partial charge in [-0.1, -0.05) is 25.6 Å². The molecule has 1 saturated heterocycles. The monoisotopic (exact) mass is 203 g/mol. The highest BCUT2D eigenvalue weighted by atomic mass is 32.2. The third kappa shape index (κ3) is 1.65. The topological polar surface area (TPSA) is 55.4 Å². The second-order valence-corrected chi connectivity index (χ2v) is 4.27. The number of hydrogen-bond donors (Lipinski definition) is 1. The van der Waals surface area contributed by atoms with Crippen LogP contribution in [0.4, 0.5) is 4.79 Å². The summed E-state index contributed by atoms with van der Waals surface area (Å²) in [6.45, 7) is 3.78. The van der Waals surface area contributed by atoms with Gasteiger partial charge in [0.15, 0.2) is 5.54 Å². The fourth-order valence-corrected chi connectivity index (χ4v) is 2.41. The van der Waals surface area contributed by atoms with E-state index in [1.165, 1.54) is 7.11 Å². The molecule has 0 saturated carbocycles. The number of hydrogen-bond acceptors (Lipinski definition) is 4. The van der Waals surface area contributed by atoms with Crippen molar-refractivity contribution in [3.05, 3.63) is 0 Å². The Morgan fingerprint density at radius 3 is 2.62 bits per heavy atom. The number of nitrogens with one attached hydrogen (secondary N) is 1. The van der Waals surface area contributed by atoms with Crippen LogP contribution in [0, 0.1) is 5.92 Å². The van der Waals surface area contributed by atoms with Crippen LogP contribution in [0.15, 0.2) is 0 Å². The summed E-state index contributed by atoms with van der Waals surface area (Å²) < 4.78 is 4.68. The minimum Gasteiger partial charge on any atom is -0.467 e. The lowest BCUT2D eigenvalue weighted by atomic mass is 9.88. The van der Waals surface area contributed by atoms with Crippen LogP contribution in [0.3, 0.4) is 0 Å². The first kappa shape index (κ1) is 10.4. The van der Waals surface area contributed by atoms with Crippen LogP contribution < -0.4 is 5.32 Å². The highest BCUT2D eigenvalue weighted by Crippen LogP contribution is 2.30. The van der Waals surface area contributed by atoms with Gasteiger partial charge in [0.2, 0.25) is 0 Å². The Kier molecular flexibility index (Phi) is 2.85. The van der Waals surface area contributed by atoms with Crippen LogP contribution in [-0.4, -0.2) is 29.6 Å². The number of carbonyl (C=O) groups excluding carboxylic acids is 2. The summed E-state index contributed by atoms with van der Waals surface area (Å²) in [4.78, 5) is 22.5. The van der Waals surface area contributed by atoms with E-state index in [2.05, 4.69) is 10.1 Å². The fraction of sp³-hybridized carbons (Fsp3) is 0.750. The van der Waals surface area contributed by atoms with Gasteiger partial charge in [0.05, 0.1) is 7.11 Å². The minimum absolute atomic E-state index is 0.0406. The van der Waals surface area contributed by atoms with Crippen molar-refractivity contribution in [3.8, 4) is 0 Å². The maximum Gasteiger partial charge on any atom is 0.332 e. The second kappa shape index (κ2) is 3.57. The number of ether oxygens (including phenoxy) is 1. The Balaban J connectivity index is 2.89. The Bertz CT molecular complexity index is 242. The minimum atomic E-state index is -0.823. The van der Waals surface area contributed by atoms with Gasteiger partial charge >= 0.3 is 5.97 Å². The summed E-state index contributed by atoms with van der Waals surface area (Å²) in [5.41, 5.74) is -0.823. The van der Waals surface area contributed by atoms with Crippen LogP contribution in [-0.2, 0) is 9.53 Å². The Hall–Kier alpha value is -0.710. The second-order valence-electron chi connectivity index (χ2n) is 3.32. The van der Waals surface area contributed by atoms with Crippen molar-refractivity contribution < 1.29 is 14.3 Å². The van der Waals surface area contributed by atoms with Crippen molar-refractivity contribution in [1.29, 1.82) is 0 Å². The van der Waals surface area contributed by atoms with Crippen LogP contribution in [0.5, 0.6) is 0 Å². The number of carbonyl (C=O) groups is 2. The van der Waals surface area contributed by atoms with Crippen molar-refractivity contribution >= 4 is 23.0 Å². The van der Waals surface area contributed by atoms with E-state index in [-0.39, 0.29) is 17.1 Å². The summed E-state index contributed by atoms with van der Waals surface area (Å²) in [6.07, 6.45) is 0. The lowest BCUT2D eigenvalue weighted by Crippen LogP contribution is -2.55. The zero-order valence-corrected chi connectivity index (χ0v) is 8.73. The van der Waals surface area contributed by atoms with E-state index in [0.717, 1.165) is 11.8 Å². The van der Waals surface area contributed by atoms with Gasteiger partial charge < -0.3 is 10.1 Å². The SMILES string of the molecule is COC(=O)C1(C(C)C)CSC(=O)N1. The Labute approximate surface area is 81.4 Å². The first-order chi connectivity index (χ1) is 6.03. The molecule has 1 rings (SSSR count). The van der Waals surface area contributed by atoms with Gasteiger partial charge in [0.1, 0.15) is 0 Å². The molecule has 1 amide bonds. The summed E-state index contributed by atoms with van der Waals surface area (Å²) in [7, 11) is 1.33. The average Bonchev–Trinajstić information content (AvgIpc) is 2.47. The highest BCUT2D eigenvalue weighted by Gasteiger charge is 2.48. The lowest BCUT2D eigenvalue weighted by Gasteiger charge is -2.28. The van der Waals surface area contributed by atoms with Crippen molar-refractivity contribution in [2.24, 2.45) is 5.92 Å². The van der Waals surface area contributed by atoms with E-state index in [0.29, 0.717) is 5.75 Å². The number of rotatable bonds is 2. The van der Waals surface area contributed by atoms with Crippen LogP contribution in [0.2, 0.25) is 0 Å². The van der Waals surface area contributed by atoms with E-state index in [9.17, 15) is 9.59 Å². The molecule has 0 spiro atoms. The number of amides is 1. The predicted molar refractivity (Wildman–Crippen MR) is 50.6 cm³/mol. The number of methoxy groups -OCH3 is 1. The molecule has 0 aromatic rings. The van der Waals surface area contributed by atoms with E-state index in [1.54, 1.807) is 0 Å². The third-order valence-corrected chi connectivity index (χ3v) is 3.26. The van der Waals surface area contributed by atoms with Crippen molar-refractivity contribution in [2.75, 3.05) is 12.9 Å². The standard InChI is InChI=1S/C8H13NO3S/c1-5(2)8(6(10)12-3)4-13-7(11)9-8/h5H,4H2,1-3H3,(H,9,11). The predicted octanol–water partition coefficient (Wildman–Crippen LogP) is 1.01. The molecule has 0 radical (unpaired) electrons. The molecule has 5 heteroatoms. The van der Waals surface area contributed by atoms with E-state index in [4.69, 9.17) is 0 Å². The lowest BCUT2D eigenvalue weighted by molar-refractivity contribution is -0.148. The molecule has 4 nitrogen and oxygen atoms in total. The molecule has 1 heterocycles. The molecule has 13 heavy (non-hydrogen) atoms. The molecular formula is C8H13NO3S. The smallest absolute Gasteiger partial charge is 0.332 e. The molecule has 1 atom stereocenters. The zero-order chi connectivity index (χ0) is 10.1. The molecule has 1 unspecified atom stereocenters. The molecule has 1 N–H and O–H groups in total. The zero-order valence-electron chi connectivity index (χ0n) is 7.92. The highest BCUT2D eigenvalue weighted by molar-refractivity contribution is 8.14. The van der Waals surface area contributed by atoms with Crippen molar-refractivity contribution in [1.82, 2.24) is 5.32 Å². The normalized spacial score (nSPS) is 27.5. The maximum atomic E-state index is 11.5. The molecule has 0 bridgehead atoms. The van der Waals surface area contributed by atoms with Crippen LogP contribution in [0.25, 0.3) is 0 Å². The van der Waals surface area contributed by atoms with Crippen LogP contribution >= 0.6 is 11.8 Å². The Morgan fingerprint density at radius 2 is 2.31 bits per heavy atom. The summed E-state index contributed by atoms with van der Waals surface area (Å²) in [6, 6.07) is 0. The molecule has 0 aromatic carbocycles. The number of thioether (sulfide) groups is 1. The molecular weight excluding hydrogens is 190 g/mol. The van der Waals surface area contributed by atoms with Gasteiger partial charge in [0.25, 0.3) is 5.24 Å². The third-order valence-electron chi connectivity index (χ3n) is 2.29. The molecule has 0 aromatic heterocycles. The average molecular weight is 203 g/mol. The van der Waals surface area contributed by atoms with Crippen molar-refractivity contribution in [2.45, 2.75) is 19.4 Å². The van der Waals surface area contributed by atoms with Gasteiger partial charge in [-0.3, -0.25) is 4.79 Å². The number of esters is 1. The van der Waals surface area contributed by atoms with Crippen LogP contribution in [0.1, 0.15) is 13.8 Å². The largest absolute Gasteiger partial charge is 0.467 e. The summed E-state index contributed by atoms with van der Waals surface area (Å²) in [5, 5.41) is 2.51. The van der Waals surface area contributed by atoms with Gasteiger partial charge in [-0.05, 0) is 5.92 Å². The maximum absolute atomic E-state index is 11.5. The first-order valence-electron chi connectivity index (χ1n) is 4.06.